The van der Waals surface area contributed by atoms with E-state index in [4.69, 9.17) is 0 Å². The van der Waals surface area contributed by atoms with Crippen molar-refractivity contribution in [3.05, 3.63) is 11.6 Å². The first-order chi connectivity index (χ1) is 4.79. The Bertz CT molecular complexity index is 154. The molecule has 0 unspecified atom stereocenters. The second-order valence-electron chi connectivity index (χ2n) is 3.12. The normalized spacial score (nSPS) is 22.5. The molecule has 0 amide bonds. The fourth-order valence-corrected chi connectivity index (χ4v) is 1.18. The molecule has 0 aromatic rings. The first kappa shape index (κ1) is 7.52. The Morgan fingerprint density at radius 1 is 1.60 bits per heavy atom. The molecule has 0 atom stereocenters. The summed E-state index contributed by atoms with van der Waals surface area (Å²) >= 11 is 0. The topological polar surface area (TPSA) is 12.4 Å². The Labute approximate surface area is 62.9 Å². The highest BCUT2D eigenvalue weighted by atomic mass is 14.7. The van der Waals surface area contributed by atoms with Crippen molar-refractivity contribution in [1.29, 1.82) is 0 Å². The summed E-state index contributed by atoms with van der Waals surface area (Å²) in [6.45, 7) is 5.43. The third-order valence-electron chi connectivity index (χ3n) is 1.56. The quantitative estimate of drug-likeness (QED) is 0.526. The standard InChI is InChI=1S/C9H15N/c1-8(2)6-9-4-3-5-10-7-9/h6-8H,3-5H2,1-2H3/b9-6-. The molecule has 1 rings (SSSR count). The van der Waals surface area contributed by atoms with E-state index >= 15 is 0 Å². The van der Waals surface area contributed by atoms with Crippen molar-refractivity contribution in [1.82, 2.24) is 0 Å². The van der Waals surface area contributed by atoms with Crippen molar-refractivity contribution in [2.75, 3.05) is 6.54 Å². The molecule has 0 saturated carbocycles. The summed E-state index contributed by atoms with van der Waals surface area (Å²) in [6, 6.07) is 0. The lowest BCUT2D eigenvalue weighted by molar-refractivity contribution is 0.783. The maximum Gasteiger partial charge on any atom is 0.0392 e. The van der Waals surface area contributed by atoms with Crippen molar-refractivity contribution in [2.45, 2.75) is 26.7 Å². The zero-order chi connectivity index (χ0) is 7.40. The molecule has 0 bridgehead atoms. The van der Waals surface area contributed by atoms with Crippen molar-refractivity contribution in [3.8, 4) is 0 Å². The Morgan fingerprint density at radius 3 is 2.90 bits per heavy atom. The molecule has 0 aromatic carbocycles. The van der Waals surface area contributed by atoms with Crippen molar-refractivity contribution < 1.29 is 0 Å². The Morgan fingerprint density at radius 2 is 2.40 bits per heavy atom. The van der Waals surface area contributed by atoms with Crippen LogP contribution in [0.3, 0.4) is 0 Å². The van der Waals surface area contributed by atoms with Crippen molar-refractivity contribution >= 4 is 6.21 Å². The van der Waals surface area contributed by atoms with Crippen LogP contribution in [0.2, 0.25) is 0 Å². The Kier molecular flexibility index (Phi) is 2.67. The third-order valence-corrected chi connectivity index (χ3v) is 1.56. The van der Waals surface area contributed by atoms with Gasteiger partial charge >= 0.3 is 0 Å². The fraction of sp³-hybridized carbons (Fsp3) is 0.667. The monoisotopic (exact) mass is 137 g/mol. The van der Waals surface area contributed by atoms with E-state index in [1.54, 1.807) is 0 Å². The van der Waals surface area contributed by atoms with Crippen LogP contribution in [0.15, 0.2) is 16.6 Å². The van der Waals surface area contributed by atoms with E-state index in [-0.39, 0.29) is 0 Å². The van der Waals surface area contributed by atoms with Gasteiger partial charge in [0.1, 0.15) is 0 Å². The average Bonchev–Trinajstić information content (AvgIpc) is 1.88. The van der Waals surface area contributed by atoms with Gasteiger partial charge in [0, 0.05) is 12.8 Å². The molecule has 0 aromatic heterocycles. The second-order valence-corrected chi connectivity index (χ2v) is 3.12. The number of hydrogen-bond acceptors (Lipinski definition) is 1. The zero-order valence-corrected chi connectivity index (χ0v) is 6.80. The fourth-order valence-electron chi connectivity index (χ4n) is 1.18. The van der Waals surface area contributed by atoms with Gasteiger partial charge in [0.2, 0.25) is 0 Å². The molecule has 0 saturated heterocycles. The van der Waals surface area contributed by atoms with E-state index in [0.29, 0.717) is 5.92 Å². The largest absolute Gasteiger partial charge is 0.293 e. The van der Waals surface area contributed by atoms with Gasteiger partial charge in [0.15, 0.2) is 0 Å². The molecule has 1 nitrogen and oxygen atoms in total. The smallest absolute Gasteiger partial charge is 0.0392 e. The van der Waals surface area contributed by atoms with E-state index in [1.165, 1.54) is 18.4 Å². The molecule has 10 heavy (non-hydrogen) atoms. The Hall–Kier alpha value is -0.590. The van der Waals surface area contributed by atoms with Crippen LogP contribution in [0, 0.1) is 5.92 Å². The van der Waals surface area contributed by atoms with Crippen LogP contribution in [0.5, 0.6) is 0 Å². The third kappa shape index (κ3) is 2.34. The zero-order valence-electron chi connectivity index (χ0n) is 6.80. The molecule has 0 aliphatic carbocycles. The highest BCUT2D eigenvalue weighted by Crippen LogP contribution is 2.10. The molecule has 1 aliphatic heterocycles. The lowest BCUT2D eigenvalue weighted by atomic mass is 10.0. The maximum atomic E-state index is 4.22. The minimum absolute atomic E-state index is 0.666. The van der Waals surface area contributed by atoms with Gasteiger partial charge in [-0.15, -0.1) is 0 Å². The Balaban J connectivity index is 2.53. The number of allylic oxidation sites excluding steroid dienone is 2. The summed E-state index contributed by atoms with van der Waals surface area (Å²) in [6.07, 6.45) is 6.77. The molecule has 0 spiro atoms. The van der Waals surface area contributed by atoms with Gasteiger partial charge in [0.05, 0.1) is 0 Å². The molecular weight excluding hydrogens is 122 g/mol. The van der Waals surface area contributed by atoms with Gasteiger partial charge in [-0.1, -0.05) is 19.9 Å². The highest BCUT2D eigenvalue weighted by molar-refractivity contribution is 5.79. The molecule has 56 valence electrons. The van der Waals surface area contributed by atoms with Gasteiger partial charge in [-0.05, 0) is 24.3 Å². The van der Waals surface area contributed by atoms with Crippen LogP contribution >= 0.6 is 0 Å². The lowest BCUT2D eigenvalue weighted by Gasteiger charge is -2.07. The maximum absolute atomic E-state index is 4.22. The molecule has 0 fully saturated rings. The van der Waals surface area contributed by atoms with Gasteiger partial charge in [-0.25, -0.2) is 0 Å². The van der Waals surface area contributed by atoms with Crippen LogP contribution in [0.1, 0.15) is 26.7 Å². The first-order valence-corrected chi connectivity index (χ1v) is 3.99. The number of nitrogens with zero attached hydrogens (tertiary/aromatic N) is 1. The molecule has 0 N–H and O–H groups in total. The van der Waals surface area contributed by atoms with E-state index in [2.05, 4.69) is 24.9 Å². The summed E-state index contributed by atoms with van der Waals surface area (Å²) in [5.74, 6) is 0.666. The SMILES string of the molecule is CC(C)/C=C1\C=NCCC1. The predicted molar refractivity (Wildman–Crippen MR) is 45.5 cm³/mol. The minimum Gasteiger partial charge on any atom is -0.293 e. The average molecular weight is 137 g/mol. The summed E-state index contributed by atoms with van der Waals surface area (Å²) in [7, 11) is 0. The van der Waals surface area contributed by atoms with E-state index in [0.717, 1.165) is 6.54 Å². The molecule has 1 aliphatic rings. The molecule has 1 heterocycles. The van der Waals surface area contributed by atoms with Gasteiger partial charge in [-0.2, -0.15) is 0 Å². The molecule has 1 heteroatoms. The minimum atomic E-state index is 0.666. The van der Waals surface area contributed by atoms with Crippen molar-refractivity contribution in [2.24, 2.45) is 10.9 Å². The van der Waals surface area contributed by atoms with Crippen molar-refractivity contribution in [3.63, 3.8) is 0 Å². The van der Waals surface area contributed by atoms with Crippen LogP contribution in [-0.4, -0.2) is 12.8 Å². The van der Waals surface area contributed by atoms with Crippen LogP contribution < -0.4 is 0 Å². The second kappa shape index (κ2) is 3.55. The van der Waals surface area contributed by atoms with Gasteiger partial charge < -0.3 is 0 Å². The van der Waals surface area contributed by atoms with Crippen LogP contribution in [0.4, 0.5) is 0 Å². The summed E-state index contributed by atoms with van der Waals surface area (Å²) < 4.78 is 0. The number of aliphatic imine (C=N–C) groups is 1. The van der Waals surface area contributed by atoms with Crippen LogP contribution in [0.25, 0.3) is 0 Å². The predicted octanol–water partition coefficient (Wildman–Crippen LogP) is 2.43. The lowest BCUT2D eigenvalue weighted by Crippen LogP contribution is -1.97. The van der Waals surface area contributed by atoms with E-state index in [9.17, 15) is 0 Å². The van der Waals surface area contributed by atoms with E-state index in [1.807, 2.05) is 6.21 Å². The molecule has 0 radical (unpaired) electrons. The summed E-state index contributed by atoms with van der Waals surface area (Å²) in [5.41, 5.74) is 1.42. The van der Waals surface area contributed by atoms with Crippen LogP contribution in [-0.2, 0) is 0 Å². The van der Waals surface area contributed by atoms with Gasteiger partial charge in [-0.3, -0.25) is 4.99 Å². The number of rotatable bonds is 1. The highest BCUT2D eigenvalue weighted by Gasteiger charge is 1.99. The number of hydrogen-bond donors (Lipinski definition) is 0. The summed E-state index contributed by atoms with van der Waals surface area (Å²) in [4.78, 5) is 4.22. The van der Waals surface area contributed by atoms with E-state index < -0.39 is 0 Å². The molecular formula is C9H15N. The summed E-state index contributed by atoms with van der Waals surface area (Å²) in [5, 5.41) is 0. The first-order valence-electron chi connectivity index (χ1n) is 3.99. The van der Waals surface area contributed by atoms with Gasteiger partial charge in [0.25, 0.3) is 0 Å².